The maximum atomic E-state index is 15.0. The number of amides is 2. The molecule has 1 aliphatic carbocycles. The number of hydrogen-bond acceptors (Lipinski definition) is 7. The van der Waals surface area contributed by atoms with E-state index in [1.165, 1.54) is 24.3 Å². The van der Waals surface area contributed by atoms with E-state index in [1.807, 2.05) is 4.90 Å². The fraction of sp³-hybridized carbons (Fsp3) is 0.423. The molecule has 0 radical (unpaired) electrons. The summed E-state index contributed by atoms with van der Waals surface area (Å²) in [5.74, 6) is -1.09. The van der Waals surface area contributed by atoms with Gasteiger partial charge in [0.2, 0.25) is 5.91 Å². The summed E-state index contributed by atoms with van der Waals surface area (Å²) in [4.78, 5) is 36.5. The molecular weight excluding hydrogens is 503 g/mol. The van der Waals surface area contributed by atoms with Crippen molar-refractivity contribution in [3.63, 3.8) is 0 Å². The van der Waals surface area contributed by atoms with E-state index >= 15 is 0 Å². The van der Waals surface area contributed by atoms with Crippen LogP contribution in [0, 0.1) is 5.82 Å². The molecule has 1 N–H and O–H groups in total. The number of halogens is 2. The summed E-state index contributed by atoms with van der Waals surface area (Å²) < 4.78 is 26.9. The predicted molar refractivity (Wildman–Crippen MR) is 134 cm³/mol. The molecule has 1 aromatic carbocycles. The number of fused-ring (bicyclic) bond motifs is 2. The van der Waals surface area contributed by atoms with Gasteiger partial charge in [0, 0.05) is 26.2 Å². The number of hydrogen-bond donors (Lipinski definition) is 1. The molecule has 1 atom stereocenters. The normalized spacial score (nSPS) is 22.2. The Morgan fingerprint density at radius 3 is 2.81 bits per heavy atom. The number of phenolic OH excluding ortho intramolecular Hbond substituents is 1. The second-order valence-corrected chi connectivity index (χ2v) is 10.2. The molecule has 2 amide bonds. The standard InChI is InChI=1S/C26H26ClFN4O5/c1-2-18(34)30-8-9-31-15(12-30)13-37-23-20(25(31)35)24(32-10-11-36-14-26(32)6-7-26)29-22(21(23)27)19-16(28)4-3-5-17(19)33/h2-5,15,33H,1,6-14H2. The van der Waals surface area contributed by atoms with Crippen molar-refractivity contribution < 1.29 is 28.6 Å². The molecule has 3 aliphatic heterocycles. The van der Waals surface area contributed by atoms with Crippen LogP contribution in [-0.2, 0) is 9.53 Å². The lowest BCUT2D eigenvalue weighted by molar-refractivity contribution is -0.128. The Bertz CT molecular complexity index is 1300. The molecule has 2 saturated heterocycles. The Morgan fingerprint density at radius 1 is 1.27 bits per heavy atom. The van der Waals surface area contributed by atoms with Crippen molar-refractivity contribution in [2.75, 3.05) is 50.9 Å². The van der Waals surface area contributed by atoms with Gasteiger partial charge in [0.15, 0.2) is 5.75 Å². The van der Waals surface area contributed by atoms with E-state index < -0.39 is 11.9 Å². The first-order valence-corrected chi connectivity index (χ1v) is 12.6. The van der Waals surface area contributed by atoms with Gasteiger partial charge in [0.05, 0.1) is 30.4 Å². The second-order valence-electron chi connectivity index (χ2n) is 9.82. The number of carbonyl (C=O) groups excluding carboxylic acids is 2. The first-order chi connectivity index (χ1) is 17.8. The Kier molecular flexibility index (Phi) is 5.76. The van der Waals surface area contributed by atoms with E-state index in [1.54, 1.807) is 9.80 Å². The van der Waals surface area contributed by atoms with Crippen LogP contribution in [0.15, 0.2) is 30.9 Å². The third-order valence-corrected chi connectivity index (χ3v) is 8.00. The number of ether oxygens (including phenoxy) is 2. The van der Waals surface area contributed by atoms with Gasteiger partial charge in [0.1, 0.15) is 40.3 Å². The van der Waals surface area contributed by atoms with Crippen molar-refractivity contribution in [1.82, 2.24) is 14.8 Å². The van der Waals surface area contributed by atoms with E-state index in [9.17, 15) is 19.1 Å². The SMILES string of the molecule is C=CC(=O)N1CCN2C(=O)c3c(N4CCOCC45CC5)nc(-c4c(O)cccc4F)c(Cl)c3OCC2C1. The Balaban J connectivity index is 1.52. The fourth-order valence-corrected chi connectivity index (χ4v) is 5.79. The summed E-state index contributed by atoms with van der Waals surface area (Å²) >= 11 is 6.78. The van der Waals surface area contributed by atoms with Crippen LogP contribution in [0.2, 0.25) is 5.02 Å². The Morgan fingerprint density at radius 2 is 2.08 bits per heavy atom. The molecule has 194 valence electrons. The number of nitrogens with zero attached hydrogens (tertiary/aromatic N) is 4. The highest BCUT2D eigenvalue weighted by Crippen LogP contribution is 2.51. The van der Waals surface area contributed by atoms with Gasteiger partial charge in [-0.1, -0.05) is 24.2 Å². The molecule has 1 saturated carbocycles. The van der Waals surface area contributed by atoms with Gasteiger partial charge in [-0.2, -0.15) is 0 Å². The average molecular weight is 529 g/mol. The van der Waals surface area contributed by atoms with Gasteiger partial charge in [-0.15, -0.1) is 0 Å². The van der Waals surface area contributed by atoms with Crippen LogP contribution in [0.25, 0.3) is 11.3 Å². The van der Waals surface area contributed by atoms with Gasteiger partial charge < -0.3 is 29.3 Å². The summed E-state index contributed by atoms with van der Waals surface area (Å²) in [6, 6.07) is 3.55. The molecule has 2 aromatic rings. The Labute approximate surface area is 218 Å². The van der Waals surface area contributed by atoms with Crippen molar-refractivity contribution in [2.24, 2.45) is 0 Å². The first-order valence-electron chi connectivity index (χ1n) is 12.3. The third kappa shape index (κ3) is 3.81. The highest BCUT2D eigenvalue weighted by Gasteiger charge is 2.52. The molecule has 1 aromatic heterocycles. The van der Waals surface area contributed by atoms with Gasteiger partial charge >= 0.3 is 0 Å². The summed E-state index contributed by atoms with van der Waals surface area (Å²) in [5.41, 5.74) is -0.244. The van der Waals surface area contributed by atoms with Crippen LogP contribution in [-0.4, -0.2) is 89.3 Å². The fourth-order valence-electron chi connectivity index (χ4n) is 5.51. The van der Waals surface area contributed by atoms with Crippen molar-refractivity contribution >= 4 is 29.2 Å². The molecule has 1 unspecified atom stereocenters. The molecule has 3 fully saturated rings. The zero-order chi connectivity index (χ0) is 25.9. The molecular formula is C26H26ClFN4O5. The number of aromatic nitrogens is 1. The summed E-state index contributed by atoms with van der Waals surface area (Å²) in [6.07, 6.45) is 2.99. The number of morpholine rings is 1. The van der Waals surface area contributed by atoms with Crippen molar-refractivity contribution in [3.05, 3.63) is 47.3 Å². The molecule has 4 aliphatic rings. The number of benzene rings is 1. The van der Waals surface area contributed by atoms with Crippen LogP contribution in [0.1, 0.15) is 23.2 Å². The van der Waals surface area contributed by atoms with Crippen LogP contribution < -0.4 is 9.64 Å². The number of rotatable bonds is 3. The van der Waals surface area contributed by atoms with Crippen LogP contribution in [0.4, 0.5) is 10.2 Å². The first kappa shape index (κ1) is 24.0. The number of anilines is 1. The highest BCUT2D eigenvalue weighted by molar-refractivity contribution is 6.35. The number of pyridine rings is 1. The van der Waals surface area contributed by atoms with Crippen molar-refractivity contribution in [2.45, 2.75) is 24.4 Å². The minimum absolute atomic E-state index is 0.00411. The lowest BCUT2D eigenvalue weighted by Gasteiger charge is -2.40. The van der Waals surface area contributed by atoms with Gasteiger partial charge in [-0.05, 0) is 31.1 Å². The number of aromatic hydroxyl groups is 1. The van der Waals surface area contributed by atoms with E-state index in [2.05, 4.69) is 6.58 Å². The van der Waals surface area contributed by atoms with Gasteiger partial charge in [-0.25, -0.2) is 9.37 Å². The molecule has 9 nitrogen and oxygen atoms in total. The topological polar surface area (TPSA) is 95.4 Å². The van der Waals surface area contributed by atoms with Crippen molar-refractivity contribution in [3.8, 4) is 22.8 Å². The predicted octanol–water partition coefficient (Wildman–Crippen LogP) is 2.85. The third-order valence-electron chi connectivity index (χ3n) is 7.65. The highest BCUT2D eigenvalue weighted by atomic mass is 35.5. The van der Waals surface area contributed by atoms with E-state index in [0.29, 0.717) is 38.7 Å². The Hall–Kier alpha value is -3.37. The zero-order valence-electron chi connectivity index (χ0n) is 20.1. The number of carbonyl (C=O) groups is 2. The molecule has 6 rings (SSSR count). The lowest BCUT2D eigenvalue weighted by atomic mass is 10.0. The zero-order valence-corrected chi connectivity index (χ0v) is 20.8. The summed E-state index contributed by atoms with van der Waals surface area (Å²) in [6.45, 7) is 6.03. The smallest absolute Gasteiger partial charge is 0.261 e. The van der Waals surface area contributed by atoms with Crippen LogP contribution >= 0.6 is 11.6 Å². The minimum Gasteiger partial charge on any atom is -0.507 e. The molecule has 4 heterocycles. The van der Waals surface area contributed by atoms with Gasteiger partial charge in [0.25, 0.3) is 5.91 Å². The molecule has 11 heteroatoms. The lowest BCUT2D eigenvalue weighted by Crippen LogP contribution is -2.57. The molecule has 37 heavy (non-hydrogen) atoms. The average Bonchev–Trinajstić information content (AvgIpc) is 3.68. The quantitative estimate of drug-likeness (QED) is 0.612. The molecule has 1 spiro atoms. The monoisotopic (exact) mass is 528 g/mol. The maximum Gasteiger partial charge on any atom is 0.261 e. The van der Waals surface area contributed by atoms with E-state index in [0.717, 1.165) is 12.8 Å². The van der Waals surface area contributed by atoms with E-state index in [4.69, 9.17) is 26.1 Å². The second kappa shape index (κ2) is 8.88. The van der Waals surface area contributed by atoms with Gasteiger partial charge in [-0.3, -0.25) is 9.59 Å². The van der Waals surface area contributed by atoms with Crippen LogP contribution in [0.5, 0.6) is 11.5 Å². The van der Waals surface area contributed by atoms with Crippen LogP contribution in [0.3, 0.4) is 0 Å². The summed E-state index contributed by atoms with van der Waals surface area (Å²) in [5, 5.41) is 10.5. The largest absolute Gasteiger partial charge is 0.507 e. The number of phenols is 1. The minimum atomic E-state index is -0.695. The number of piperazine rings is 1. The maximum absolute atomic E-state index is 15.0. The van der Waals surface area contributed by atoms with Crippen molar-refractivity contribution in [1.29, 1.82) is 0 Å². The van der Waals surface area contributed by atoms with E-state index in [-0.39, 0.29) is 63.8 Å². The summed E-state index contributed by atoms with van der Waals surface area (Å²) in [7, 11) is 0. The molecule has 0 bridgehead atoms.